The van der Waals surface area contributed by atoms with Crippen molar-refractivity contribution in [1.29, 1.82) is 0 Å². The molecule has 1 aromatic heterocycles. The number of phenols is 1. The van der Waals surface area contributed by atoms with E-state index in [0.717, 1.165) is 16.5 Å². The lowest BCUT2D eigenvalue weighted by molar-refractivity contribution is 0.121. The van der Waals surface area contributed by atoms with E-state index in [1.54, 1.807) is 18.2 Å². The highest BCUT2D eigenvalue weighted by atomic mass is 16.5. The van der Waals surface area contributed by atoms with E-state index in [1.807, 2.05) is 42.5 Å². The van der Waals surface area contributed by atoms with Crippen molar-refractivity contribution < 1.29 is 14.6 Å². The molecule has 0 atom stereocenters. The molecular weight excluding hydrogens is 510 g/mol. The van der Waals surface area contributed by atoms with Crippen LogP contribution in [-0.2, 0) is 9.47 Å². The van der Waals surface area contributed by atoms with Crippen LogP contribution >= 0.6 is 0 Å². The zero-order valence-corrected chi connectivity index (χ0v) is 21.8. The van der Waals surface area contributed by atoms with Crippen molar-refractivity contribution in [3.8, 4) is 5.75 Å². The van der Waals surface area contributed by atoms with Crippen molar-refractivity contribution in [2.75, 3.05) is 67.8 Å². The SMILES string of the molecule is Oc1ccc(N=Nc2cccc3ccccc23)cc1/C=N\Nc1nc(N2CCOCC2)nc(N2CCOCC2)n1. The molecule has 2 N–H and O–H groups in total. The van der Waals surface area contributed by atoms with Crippen molar-refractivity contribution in [1.82, 2.24) is 15.0 Å². The number of phenolic OH excluding ortho intramolecular Hbond substituents is 1. The molecule has 4 aromatic rings. The van der Waals surface area contributed by atoms with Crippen LogP contribution in [0.1, 0.15) is 5.56 Å². The highest BCUT2D eigenvalue weighted by Crippen LogP contribution is 2.29. The molecule has 3 heterocycles. The Morgan fingerprint density at radius 1 is 0.775 bits per heavy atom. The molecule has 12 nitrogen and oxygen atoms in total. The van der Waals surface area contributed by atoms with Crippen LogP contribution in [-0.4, -0.2) is 78.9 Å². The van der Waals surface area contributed by atoms with Crippen molar-refractivity contribution in [2.45, 2.75) is 0 Å². The van der Waals surface area contributed by atoms with Crippen LogP contribution in [0.15, 0.2) is 76.0 Å². The number of rotatable bonds is 7. The Labute approximate surface area is 231 Å². The minimum absolute atomic E-state index is 0.0633. The number of aromatic nitrogens is 3. The smallest absolute Gasteiger partial charge is 0.250 e. The number of benzene rings is 3. The zero-order chi connectivity index (χ0) is 27.1. The fourth-order valence-corrected chi connectivity index (χ4v) is 4.49. The van der Waals surface area contributed by atoms with Crippen molar-refractivity contribution in [3.05, 3.63) is 66.2 Å². The van der Waals surface area contributed by atoms with Gasteiger partial charge in [-0.25, -0.2) is 5.43 Å². The third kappa shape index (κ3) is 5.98. The van der Waals surface area contributed by atoms with Crippen LogP contribution in [0.25, 0.3) is 10.8 Å². The third-order valence-corrected chi connectivity index (χ3v) is 6.62. The molecule has 0 saturated carbocycles. The molecule has 0 aliphatic carbocycles. The van der Waals surface area contributed by atoms with E-state index in [1.165, 1.54) is 6.21 Å². The number of nitrogens with zero attached hydrogens (tertiary/aromatic N) is 8. The second kappa shape index (κ2) is 12.0. The van der Waals surface area contributed by atoms with Crippen LogP contribution in [0.3, 0.4) is 0 Å². The second-order valence-electron chi connectivity index (χ2n) is 9.27. The first-order chi connectivity index (χ1) is 19.7. The topological polar surface area (TPSA) is 133 Å². The molecule has 2 saturated heterocycles. The second-order valence-corrected chi connectivity index (χ2v) is 9.27. The molecule has 12 heteroatoms. The molecule has 2 aliphatic heterocycles. The first kappa shape index (κ1) is 25.6. The number of anilines is 3. The number of hydrogen-bond acceptors (Lipinski definition) is 12. The zero-order valence-electron chi connectivity index (χ0n) is 21.8. The normalized spacial score (nSPS) is 16.3. The molecule has 0 spiro atoms. The summed E-state index contributed by atoms with van der Waals surface area (Å²) in [5.41, 5.74) is 4.72. The van der Waals surface area contributed by atoms with Gasteiger partial charge in [0, 0.05) is 37.1 Å². The molecule has 2 fully saturated rings. The lowest BCUT2D eigenvalue weighted by Crippen LogP contribution is -2.40. The number of fused-ring (bicyclic) bond motifs is 1. The largest absolute Gasteiger partial charge is 0.507 e. The molecule has 0 amide bonds. The Morgan fingerprint density at radius 2 is 1.45 bits per heavy atom. The predicted molar refractivity (Wildman–Crippen MR) is 153 cm³/mol. The Balaban J connectivity index is 1.21. The van der Waals surface area contributed by atoms with Gasteiger partial charge in [-0.2, -0.15) is 25.2 Å². The van der Waals surface area contributed by atoms with Gasteiger partial charge in [-0.05, 0) is 29.7 Å². The van der Waals surface area contributed by atoms with Crippen LogP contribution in [0, 0.1) is 0 Å². The first-order valence-electron chi connectivity index (χ1n) is 13.2. The van der Waals surface area contributed by atoms with Gasteiger partial charge < -0.3 is 24.4 Å². The van der Waals surface area contributed by atoms with Crippen LogP contribution in [0.5, 0.6) is 5.75 Å². The Kier molecular flexibility index (Phi) is 7.69. The lowest BCUT2D eigenvalue weighted by Gasteiger charge is -2.30. The van der Waals surface area contributed by atoms with Gasteiger partial charge in [0.1, 0.15) is 5.75 Å². The van der Waals surface area contributed by atoms with Crippen molar-refractivity contribution >= 4 is 46.2 Å². The average molecular weight is 540 g/mol. The molecular formula is C28H29N9O3. The number of morpholine rings is 2. The summed E-state index contributed by atoms with van der Waals surface area (Å²) in [5.74, 6) is 1.50. The molecule has 0 unspecified atom stereocenters. The Bertz CT molecular complexity index is 1490. The number of azo groups is 1. The van der Waals surface area contributed by atoms with Crippen molar-refractivity contribution in [3.63, 3.8) is 0 Å². The van der Waals surface area contributed by atoms with Gasteiger partial charge in [0.05, 0.1) is 44.0 Å². The number of hydrazone groups is 1. The van der Waals surface area contributed by atoms with Gasteiger partial charge in [-0.3, -0.25) is 0 Å². The van der Waals surface area contributed by atoms with E-state index in [0.29, 0.717) is 81.7 Å². The molecule has 40 heavy (non-hydrogen) atoms. The van der Waals surface area contributed by atoms with Crippen LogP contribution < -0.4 is 15.2 Å². The number of aromatic hydroxyl groups is 1. The summed E-state index contributed by atoms with van der Waals surface area (Å²) in [6.07, 6.45) is 1.50. The Morgan fingerprint density at radius 3 is 2.17 bits per heavy atom. The summed E-state index contributed by atoms with van der Waals surface area (Å²) in [5, 5.41) is 25.7. The molecule has 204 valence electrons. The lowest BCUT2D eigenvalue weighted by atomic mass is 10.1. The van der Waals surface area contributed by atoms with Gasteiger partial charge in [0.2, 0.25) is 17.8 Å². The average Bonchev–Trinajstić information content (AvgIpc) is 3.02. The molecule has 3 aromatic carbocycles. The van der Waals surface area contributed by atoms with E-state index >= 15 is 0 Å². The van der Waals surface area contributed by atoms with E-state index in [-0.39, 0.29) is 5.75 Å². The van der Waals surface area contributed by atoms with Gasteiger partial charge in [-0.15, -0.1) is 5.11 Å². The summed E-state index contributed by atoms with van der Waals surface area (Å²) in [6, 6.07) is 18.9. The first-order valence-corrected chi connectivity index (χ1v) is 13.2. The highest BCUT2D eigenvalue weighted by molar-refractivity contribution is 5.92. The fraction of sp³-hybridized carbons (Fsp3) is 0.286. The maximum atomic E-state index is 10.4. The third-order valence-electron chi connectivity index (χ3n) is 6.62. The monoisotopic (exact) mass is 539 g/mol. The molecule has 0 radical (unpaired) electrons. The van der Waals surface area contributed by atoms with E-state index in [9.17, 15) is 5.11 Å². The van der Waals surface area contributed by atoms with Crippen molar-refractivity contribution in [2.24, 2.45) is 15.3 Å². The maximum Gasteiger partial charge on any atom is 0.250 e. The minimum atomic E-state index is 0.0633. The number of hydrogen-bond donors (Lipinski definition) is 2. The van der Waals surface area contributed by atoms with E-state index < -0.39 is 0 Å². The fourth-order valence-electron chi connectivity index (χ4n) is 4.49. The minimum Gasteiger partial charge on any atom is -0.507 e. The molecule has 0 bridgehead atoms. The number of nitrogens with one attached hydrogen (secondary N) is 1. The van der Waals surface area contributed by atoms with Gasteiger partial charge in [-0.1, -0.05) is 36.4 Å². The standard InChI is InChI=1S/C28H29N9O3/c38-25-9-8-22(33-34-24-7-3-5-20-4-1-2-6-23(20)24)18-21(25)19-29-35-26-30-27(36-10-14-39-15-11-36)32-28(31-26)37-12-16-40-17-13-37/h1-9,18-19,38H,10-17H2,(H,30,31,32,35)/b29-19-,34-33?. The van der Waals surface area contributed by atoms with Crippen LogP contribution in [0.2, 0.25) is 0 Å². The van der Waals surface area contributed by atoms with E-state index in [2.05, 4.69) is 40.5 Å². The maximum absolute atomic E-state index is 10.4. The summed E-state index contributed by atoms with van der Waals surface area (Å²) < 4.78 is 11.0. The quantitative estimate of drug-likeness (QED) is 0.201. The van der Waals surface area contributed by atoms with Gasteiger partial charge in [0.15, 0.2) is 0 Å². The number of ether oxygens (including phenoxy) is 2. The van der Waals surface area contributed by atoms with E-state index in [4.69, 9.17) is 14.5 Å². The summed E-state index contributed by atoms with van der Waals surface area (Å²) in [7, 11) is 0. The summed E-state index contributed by atoms with van der Waals surface area (Å²) in [4.78, 5) is 18.0. The van der Waals surface area contributed by atoms with Crippen LogP contribution in [0.4, 0.5) is 29.2 Å². The highest BCUT2D eigenvalue weighted by Gasteiger charge is 2.20. The van der Waals surface area contributed by atoms with Gasteiger partial charge in [0.25, 0.3) is 0 Å². The molecule has 2 aliphatic rings. The Hall–Kier alpha value is -4.68. The molecule has 6 rings (SSSR count). The predicted octanol–water partition coefficient (Wildman–Crippen LogP) is 4.27. The van der Waals surface area contributed by atoms with Gasteiger partial charge >= 0.3 is 0 Å². The summed E-state index contributed by atoms with van der Waals surface area (Å²) in [6.45, 7) is 5.26. The summed E-state index contributed by atoms with van der Waals surface area (Å²) >= 11 is 0.